The van der Waals surface area contributed by atoms with Crippen LogP contribution in [-0.2, 0) is 6.42 Å². The molecule has 0 radical (unpaired) electrons. The van der Waals surface area contributed by atoms with Gasteiger partial charge in [0.25, 0.3) is 0 Å². The van der Waals surface area contributed by atoms with Crippen molar-refractivity contribution in [3.05, 3.63) is 46.9 Å². The van der Waals surface area contributed by atoms with Crippen molar-refractivity contribution >= 4 is 17.7 Å². The van der Waals surface area contributed by atoms with E-state index in [0.717, 1.165) is 54.9 Å². The van der Waals surface area contributed by atoms with Crippen LogP contribution < -0.4 is 5.32 Å². The van der Waals surface area contributed by atoms with Crippen LogP contribution in [0.3, 0.4) is 0 Å². The second kappa shape index (κ2) is 7.62. The summed E-state index contributed by atoms with van der Waals surface area (Å²) in [5.74, 6) is 1.42. The number of hydrogen-bond donors (Lipinski definition) is 2. The highest BCUT2D eigenvalue weighted by molar-refractivity contribution is 6.30. The van der Waals surface area contributed by atoms with Crippen LogP contribution in [-0.4, -0.2) is 27.7 Å². The highest BCUT2D eigenvalue weighted by Crippen LogP contribution is 2.38. The van der Waals surface area contributed by atoms with Crippen LogP contribution in [0.1, 0.15) is 43.1 Å². The SMILES string of the molecule is O=C(O)NCCCCc1cc(-c2ccc(Cl)cc2)nc(C2CC2)n1. The van der Waals surface area contributed by atoms with Gasteiger partial charge in [0.15, 0.2) is 0 Å². The lowest BCUT2D eigenvalue weighted by Crippen LogP contribution is -2.21. The monoisotopic (exact) mass is 345 g/mol. The number of rotatable bonds is 7. The molecule has 24 heavy (non-hydrogen) atoms. The molecule has 1 saturated carbocycles. The smallest absolute Gasteiger partial charge is 0.404 e. The summed E-state index contributed by atoms with van der Waals surface area (Å²) < 4.78 is 0. The molecule has 1 aromatic carbocycles. The molecule has 126 valence electrons. The Kier molecular flexibility index (Phi) is 5.30. The van der Waals surface area contributed by atoms with Gasteiger partial charge >= 0.3 is 6.09 Å². The topological polar surface area (TPSA) is 75.1 Å². The minimum Gasteiger partial charge on any atom is -0.465 e. The Hall–Kier alpha value is -2.14. The number of unbranched alkanes of at least 4 members (excludes halogenated alkanes) is 1. The van der Waals surface area contributed by atoms with Crippen LogP contribution >= 0.6 is 11.6 Å². The van der Waals surface area contributed by atoms with Crippen LogP contribution in [0.5, 0.6) is 0 Å². The Bertz CT molecular complexity index is 715. The van der Waals surface area contributed by atoms with E-state index in [9.17, 15) is 4.79 Å². The molecule has 0 spiro atoms. The first-order chi connectivity index (χ1) is 11.6. The molecule has 6 heteroatoms. The Morgan fingerprint density at radius 2 is 1.96 bits per heavy atom. The lowest BCUT2D eigenvalue weighted by atomic mass is 10.1. The van der Waals surface area contributed by atoms with Crippen molar-refractivity contribution in [1.82, 2.24) is 15.3 Å². The summed E-state index contributed by atoms with van der Waals surface area (Å²) >= 11 is 5.96. The highest BCUT2D eigenvalue weighted by Gasteiger charge is 2.27. The molecular formula is C18H20ClN3O2. The van der Waals surface area contributed by atoms with Gasteiger partial charge < -0.3 is 10.4 Å². The number of carboxylic acid groups (broad SMARTS) is 1. The Morgan fingerprint density at radius 1 is 1.21 bits per heavy atom. The average molecular weight is 346 g/mol. The molecule has 2 aromatic rings. The Morgan fingerprint density at radius 3 is 2.62 bits per heavy atom. The number of nitrogens with one attached hydrogen (secondary N) is 1. The first-order valence-electron chi connectivity index (χ1n) is 8.22. The second-order valence-corrected chi connectivity index (χ2v) is 6.51. The van der Waals surface area contributed by atoms with Crippen molar-refractivity contribution in [2.75, 3.05) is 6.54 Å². The van der Waals surface area contributed by atoms with Gasteiger partial charge in [-0.05, 0) is 50.3 Å². The summed E-state index contributed by atoms with van der Waals surface area (Å²) in [4.78, 5) is 19.9. The molecule has 0 unspecified atom stereocenters. The number of hydrogen-bond acceptors (Lipinski definition) is 3. The van der Waals surface area contributed by atoms with E-state index < -0.39 is 6.09 Å². The molecule has 1 aromatic heterocycles. The first kappa shape index (κ1) is 16.7. The van der Waals surface area contributed by atoms with Gasteiger partial charge in [-0.15, -0.1) is 0 Å². The molecule has 5 nitrogen and oxygen atoms in total. The summed E-state index contributed by atoms with van der Waals surface area (Å²) in [6.45, 7) is 0.472. The summed E-state index contributed by atoms with van der Waals surface area (Å²) in [6.07, 6.45) is 3.85. The van der Waals surface area contributed by atoms with Gasteiger partial charge in [-0.1, -0.05) is 23.7 Å². The van der Waals surface area contributed by atoms with Gasteiger partial charge in [0.2, 0.25) is 0 Å². The molecule has 0 aliphatic heterocycles. The van der Waals surface area contributed by atoms with E-state index in [4.69, 9.17) is 26.7 Å². The van der Waals surface area contributed by atoms with Crippen LogP contribution in [0.15, 0.2) is 30.3 Å². The minimum atomic E-state index is -0.974. The minimum absolute atomic E-state index is 0.472. The molecule has 1 aliphatic carbocycles. The zero-order valence-corrected chi connectivity index (χ0v) is 14.1. The van der Waals surface area contributed by atoms with E-state index in [-0.39, 0.29) is 0 Å². The number of aromatic nitrogens is 2. The predicted molar refractivity (Wildman–Crippen MR) is 93.4 cm³/mol. The molecular weight excluding hydrogens is 326 g/mol. The Balaban J connectivity index is 1.71. The average Bonchev–Trinajstić information content (AvgIpc) is 3.39. The molecule has 2 N–H and O–H groups in total. The molecule has 0 saturated heterocycles. The zero-order chi connectivity index (χ0) is 16.9. The molecule has 0 atom stereocenters. The summed E-state index contributed by atoms with van der Waals surface area (Å²) in [6, 6.07) is 9.71. The van der Waals surface area contributed by atoms with Gasteiger partial charge in [0, 0.05) is 28.7 Å². The van der Waals surface area contributed by atoms with E-state index in [1.807, 2.05) is 30.3 Å². The fourth-order valence-electron chi connectivity index (χ4n) is 2.57. The fourth-order valence-corrected chi connectivity index (χ4v) is 2.69. The summed E-state index contributed by atoms with van der Waals surface area (Å²) in [7, 11) is 0. The van der Waals surface area contributed by atoms with Crippen LogP contribution in [0.4, 0.5) is 4.79 Å². The fraction of sp³-hybridized carbons (Fsp3) is 0.389. The maximum absolute atomic E-state index is 10.4. The number of benzene rings is 1. The second-order valence-electron chi connectivity index (χ2n) is 6.07. The number of nitrogens with zero attached hydrogens (tertiary/aromatic N) is 2. The van der Waals surface area contributed by atoms with E-state index in [1.165, 1.54) is 0 Å². The maximum Gasteiger partial charge on any atom is 0.404 e. The number of halogens is 1. The normalized spacial score (nSPS) is 13.7. The van der Waals surface area contributed by atoms with Crippen molar-refractivity contribution in [2.45, 2.75) is 38.0 Å². The van der Waals surface area contributed by atoms with Crippen molar-refractivity contribution < 1.29 is 9.90 Å². The molecule has 1 aliphatic rings. The standard InChI is InChI=1S/C18H20ClN3O2/c19-14-8-6-12(7-9-14)16-11-15(3-1-2-10-20-18(23)24)21-17(22-16)13-4-5-13/h6-9,11,13,20H,1-5,10H2,(H,23,24). The van der Waals surface area contributed by atoms with Gasteiger partial charge in [-0.25, -0.2) is 14.8 Å². The number of aryl methyl sites for hydroxylation is 1. The molecule has 3 rings (SSSR count). The summed E-state index contributed by atoms with van der Waals surface area (Å²) in [5.41, 5.74) is 2.99. The quantitative estimate of drug-likeness (QED) is 0.735. The van der Waals surface area contributed by atoms with E-state index in [0.29, 0.717) is 17.5 Å². The van der Waals surface area contributed by atoms with E-state index in [1.54, 1.807) is 0 Å². The van der Waals surface area contributed by atoms with Gasteiger partial charge in [-0.3, -0.25) is 0 Å². The van der Waals surface area contributed by atoms with E-state index in [2.05, 4.69) is 5.32 Å². The van der Waals surface area contributed by atoms with Crippen molar-refractivity contribution in [3.63, 3.8) is 0 Å². The molecule has 1 fully saturated rings. The Labute approximate surface area is 146 Å². The zero-order valence-electron chi connectivity index (χ0n) is 13.3. The number of carbonyl (C=O) groups is 1. The van der Waals surface area contributed by atoms with Crippen molar-refractivity contribution in [2.24, 2.45) is 0 Å². The maximum atomic E-state index is 10.4. The van der Waals surface area contributed by atoms with Crippen LogP contribution in [0.25, 0.3) is 11.3 Å². The molecule has 1 heterocycles. The molecule has 1 amide bonds. The predicted octanol–water partition coefficient (Wildman–Crippen LogP) is 4.26. The van der Waals surface area contributed by atoms with Crippen LogP contribution in [0.2, 0.25) is 5.02 Å². The van der Waals surface area contributed by atoms with Gasteiger partial charge in [0.1, 0.15) is 5.82 Å². The molecule has 0 bridgehead atoms. The number of amides is 1. The van der Waals surface area contributed by atoms with Gasteiger partial charge in [0.05, 0.1) is 5.69 Å². The third-order valence-corrected chi connectivity index (χ3v) is 4.27. The first-order valence-corrected chi connectivity index (χ1v) is 8.60. The van der Waals surface area contributed by atoms with Crippen LogP contribution in [0, 0.1) is 0 Å². The third kappa shape index (κ3) is 4.68. The highest BCUT2D eigenvalue weighted by atomic mass is 35.5. The van der Waals surface area contributed by atoms with E-state index >= 15 is 0 Å². The lowest BCUT2D eigenvalue weighted by molar-refractivity contribution is 0.194. The van der Waals surface area contributed by atoms with Crippen molar-refractivity contribution in [1.29, 1.82) is 0 Å². The lowest BCUT2D eigenvalue weighted by Gasteiger charge is -2.08. The largest absolute Gasteiger partial charge is 0.465 e. The summed E-state index contributed by atoms with van der Waals surface area (Å²) in [5, 5.41) is 11.7. The van der Waals surface area contributed by atoms with Gasteiger partial charge in [-0.2, -0.15) is 0 Å². The van der Waals surface area contributed by atoms with Crippen molar-refractivity contribution in [3.8, 4) is 11.3 Å². The third-order valence-electron chi connectivity index (χ3n) is 4.01.